The van der Waals surface area contributed by atoms with Crippen molar-refractivity contribution in [2.45, 2.75) is 13.5 Å². The molecule has 3 N–H and O–H groups in total. The van der Waals surface area contributed by atoms with Crippen LogP contribution in [0.25, 0.3) is 0 Å². The average Bonchev–Trinajstić information content (AvgIpc) is 2.88. The lowest BCUT2D eigenvalue weighted by Gasteiger charge is -2.05. The van der Waals surface area contributed by atoms with Crippen LogP contribution in [0.2, 0.25) is 0 Å². The highest BCUT2D eigenvalue weighted by Gasteiger charge is 2.08. The van der Waals surface area contributed by atoms with E-state index in [1.165, 1.54) is 17.4 Å². The number of rotatable bonds is 4. The fraction of sp³-hybridized carbons (Fsp3) is 0.154. The van der Waals surface area contributed by atoms with Gasteiger partial charge in [-0.25, -0.2) is 10.2 Å². The van der Waals surface area contributed by atoms with Gasteiger partial charge in [0.05, 0.1) is 4.88 Å². The summed E-state index contributed by atoms with van der Waals surface area (Å²) in [6.45, 7) is 1.97. The number of nitrogens with one attached hydrogen (secondary N) is 1. The second-order valence-corrected chi connectivity index (χ2v) is 5.11. The number of carbonyl (C=O) groups excluding carboxylic acids is 1. The summed E-state index contributed by atoms with van der Waals surface area (Å²) < 4.78 is 18.8. The smallest absolute Gasteiger partial charge is 0.275 e. The van der Waals surface area contributed by atoms with Gasteiger partial charge in [-0.2, -0.15) is 0 Å². The van der Waals surface area contributed by atoms with E-state index in [-0.39, 0.29) is 18.3 Å². The summed E-state index contributed by atoms with van der Waals surface area (Å²) in [6.07, 6.45) is 0. The van der Waals surface area contributed by atoms with Crippen LogP contribution in [0.3, 0.4) is 0 Å². The van der Waals surface area contributed by atoms with Crippen LogP contribution in [0, 0.1) is 12.7 Å². The highest BCUT2D eigenvalue weighted by molar-refractivity contribution is 7.14. The van der Waals surface area contributed by atoms with E-state index in [1.54, 1.807) is 31.2 Å². The summed E-state index contributed by atoms with van der Waals surface area (Å²) >= 11 is 1.28. The lowest BCUT2D eigenvalue weighted by Crippen LogP contribution is -2.29. The van der Waals surface area contributed by atoms with Crippen molar-refractivity contribution < 1.29 is 13.9 Å². The molecule has 0 saturated carbocycles. The number of thiophene rings is 1. The van der Waals surface area contributed by atoms with Crippen LogP contribution in [0.5, 0.6) is 5.75 Å². The molecule has 0 aliphatic heterocycles. The van der Waals surface area contributed by atoms with Gasteiger partial charge in [0.25, 0.3) is 5.91 Å². The molecule has 1 aromatic heterocycles. The minimum absolute atomic E-state index is 0.283. The summed E-state index contributed by atoms with van der Waals surface area (Å²) in [5, 5.41) is 0. The standard InChI is InChI=1S/C13H13FN2O2S/c1-8-2-3-9(6-11(8)14)18-7-10-4-5-12(19-10)13(17)16-15/h2-6H,7,15H2,1H3,(H,16,17). The highest BCUT2D eigenvalue weighted by atomic mass is 32.1. The minimum atomic E-state index is -0.336. The quantitative estimate of drug-likeness (QED) is 0.513. The topological polar surface area (TPSA) is 64.3 Å². The molecular formula is C13H13FN2O2S. The average molecular weight is 280 g/mol. The van der Waals surface area contributed by atoms with Crippen molar-refractivity contribution in [2.24, 2.45) is 5.84 Å². The number of hydrogen-bond donors (Lipinski definition) is 2. The van der Waals surface area contributed by atoms with Crippen molar-refractivity contribution in [3.63, 3.8) is 0 Å². The third-order valence-electron chi connectivity index (χ3n) is 2.54. The van der Waals surface area contributed by atoms with Gasteiger partial charge >= 0.3 is 0 Å². The Kier molecular flexibility index (Phi) is 4.13. The first kappa shape index (κ1) is 13.5. The van der Waals surface area contributed by atoms with Crippen LogP contribution in [-0.2, 0) is 6.61 Å². The van der Waals surface area contributed by atoms with E-state index in [4.69, 9.17) is 10.6 Å². The molecule has 0 aliphatic rings. The summed E-state index contributed by atoms with van der Waals surface area (Å²) in [7, 11) is 0. The van der Waals surface area contributed by atoms with Crippen LogP contribution in [0.15, 0.2) is 30.3 Å². The Bertz CT molecular complexity index is 598. The molecule has 6 heteroatoms. The van der Waals surface area contributed by atoms with E-state index in [0.29, 0.717) is 16.2 Å². The van der Waals surface area contributed by atoms with Gasteiger partial charge in [-0.1, -0.05) is 6.07 Å². The summed E-state index contributed by atoms with van der Waals surface area (Å²) in [4.78, 5) is 12.6. The van der Waals surface area contributed by atoms with E-state index in [2.05, 4.69) is 5.43 Å². The molecule has 2 aromatic rings. The Morgan fingerprint density at radius 3 is 2.89 bits per heavy atom. The van der Waals surface area contributed by atoms with Crippen molar-refractivity contribution in [3.8, 4) is 5.75 Å². The molecule has 1 amide bonds. The molecule has 0 fully saturated rings. The lowest BCUT2D eigenvalue weighted by atomic mass is 10.2. The van der Waals surface area contributed by atoms with Gasteiger partial charge in [-0.05, 0) is 30.7 Å². The van der Waals surface area contributed by atoms with Crippen LogP contribution in [-0.4, -0.2) is 5.91 Å². The third-order valence-corrected chi connectivity index (χ3v) is 3.60. The van der Waals surface area contributed by atoms with Crippen LogP contribution in [0.1, 0.15) is 20.1 Å². The number of ether oxygens (including phenoxy) is 1. The van der Waals surface area contributed by atoms with Gasteiger partial charge < -0.3 is 4.74 Å². The number of benzene rings is 1. The van der Waals surface area contributed by atoms with E-state index in [1.807, 2.05) is 0 Å². The monoisotopic (exact) mass is 280 g/mol. The molecule has 0 bridgehead atoms. The number of nitrogen functional groups attached to an aromatic ring is 1. The molecule has 0 saturated heterocycles. The molecule has 0 aliphatic carbocycles. The molecule has 0 spiro atoms. The van der Waals surface area contributed by atoms with E-state index >= 15 is 0 Å². The Labute approximate surface area is 114 Å². The van der Waals surface area contributed by atoms with Gasteiger partial charge in [0, 0.05) is 10.9 Å². The molecule has 19 heavy (non-hydrogen) atoms. The predicted octanol–water partition coefficient (Wildman–Crippen LogP) is 2.38. The van der Waals surface area contributed by atoms with Crippen LogP contribution in [0.4, 0.5) is 4.39 Å². The highest BCUT2D eigenvalue weighted by Crippen LogP contribution is 2.20. The van der Waals surface area contributed by atoms with Gasteiger partial charge in [0.2, 0.25) is 0 Å². The Balaban J connectivity index is 2.00. The fourth-order valence-electron chi connectivity index (χ4n) is 1.47. The molecule has 100 valence electrons. The fourth-order valence-corrected chi connectivity index (χ4v) is 2.29. The SMILES string of the molecule is Cc1ccc(OCc2ccc(C(=O)NN)s2)cc1F. The Hall–Kier alpha value is -1.92. The molecule has 0 radical (unpaired) electrons. The number of hydrogen-bond acceptors (Lipinski definition) is 4. The zero-order chi connectivity index (χ0) is 13.8. The van der Waals surface area contributed by atoms with Crippen LogP contribution >= 0.6 is 11.3 Å². The second-order valence-electron chi connectivity index (χ2n) is 3.94. The number of nitrogens with two attached hydrogens (primary N) is 1. The number of aryl methyl sites for hydroxylation is 1. The van der Waals surface area contributed by atoms with Gasteiger partial charge in [-0.15, -0.1) is 11.3 Å². The molecular weight excluding hydrogens is 267 g/mol. The summed E-state index contributed by atoms with van der Waals surface area (Å²) in [6, 6.07) is 8.16. The molecule has 0 unspecified atom stereocenters. The molecule has 0 atom stereocenters. The molecule has 1 aromatic carbocycles. The van der Waals surface area contributed by atoms with Gasteiger partial charge in [0.15, 0.2) is 0 Å². The van der Waals surface area contributed by atoms with Gasteiger partial charge in [-0.3, -0.25) is 10.2 Å². The van der Waals surface area contributed by atoms with Gasteiger partial charge in [0.1, 0.15) is 18.2 Å². The summed E-state index contributed by atoms with van der Waals surface area (Å²) in [5.41, 5.74) is 2.64. The third kappa shape index (κ3) is 3.30. The Morgan fingerprint density at radius 1 is 1.42 bits per heavy atom. The maximum atomic E-state index is 13.3. The number of carbonyl (C=O) groups is 1. The first-order valence-corrected chi connectivity index (χ1v) is 6.40. The van der Waals surface area contributed by atoms with E-state index in [0.717, 1.165) is 4.88 Å². The zero-order valence-electron chi connectivity index (χ0n) is 10.3. The largest absolute Gasteiger partial charge is 0.488 e. The van der Waals surface area contributed by atoms with E-state index < -0.39 is 0 Å². The van der Waals surface area contributed by atoms with Crippen molar-refractivity contribution in [1.29, 1.82) is 0 Å². The van der Waals surface area contributed by atoms with E-state index in [9.17, 15) is 9.18 Å². The minimum Gasteiger partial charge on any atom is -0.488 e. The maximum absolute atomic E-state index is 13.3. The van der Waals surface area contributed by atoms with Crippen LogP contribution < -0.4 is 16.0 Å². The Morgan fingerprint density at radius 2 is 2.21 bits per heavy atom. The lowest BCUT2D eigenvalue weighted by molar-refractivity contribution is 0.0957. The number of hydrazine groups is 1. The predicted molar refractivity (Wildman–Crippen MR) is 71.4 cm³/mol. The normalized spacial score (nSPS) is 10.3. The summed E-state index contributed by atoms with van der Waals surface area (Å²) in [5.74, 6) is 4.87. The van der Waals surface area contributed by atoms with Crippen molar-refractivity contribution >= 4 is 17.2 Å². The maximum Gasteiger partial charge on any atom is 0.275 e. The number of halogens is 1. The molecule has 2 rings (SSSR count). The molecule has 1 heterocycles. The molecule has 4 nitrogen and oxygen atoms in total. The first-order valence-electron chi connectivity index (χ1n) is 5.59. The van der Waals surface area contributed by atoms with Crippen molar-refractivity contribution in [2.75, 3.05) is 0 Å². The first-order chi connectivity index (χ1) is 9.10. The van der Waals surface area contributed by atoms with Crippen molar-refractivity contribution in [1.82, 2.24) is 5.43 Å². The number of amides is 1. The van der Waals surface area contributed by atoms with Crippen molar-refractivity contribution in [3.05, 3.63) is 51.5 Å². The zero-order valence-corrected chi connectivity index (χ0v) is 11.1. The second kappa shape index (κ2) is 5.81.